The fourth-order valence-electron chi connectivity index (χ4n) is 3.68. The number of H-pyrrole nitrogens is 1. The van der Waals surface area contributed by atoms with Gasteiger partial charge in [0.25, 0.3) is 5.56 Å². The zero-order valence-corrected chi connectivity index (χ0v) is 19.5. The van der Waals surface area contributed by atoms with Gasteiger partial charge in [0, 0.05) is 35.5 Å². The Bertz CT molecular complexity index is 1200. The Morgan fingerprint density at radius 3 is 2.81 bits per heavy atom. The van der Waals surface area contributed by atoms with Crippen molar-refractivity contribution in [2.45, 2.75) is 31.4 Å². The van der Waals surface area contributed by atoms with Gasteiger partial charge in [-0.25, -0.2) is 9.78 Å². The summed E-state index contributed by atoms with van der Waals surface area (Å²) in [5, 5.41) is 3.61. The summed E-state index contributed by atoms with van der Waals surface area (Å²) >= 11 is 3.19. The number of hydrogen-bond donors (Lipinski definition) is 2. The molecule has 0 saturated carbocycles. The van der Waals surface area contributed by atoms with Crippen molar-refractivity contribution in [3.05, 3.63) is 50.9 Å². The van der Waals surface area contributed by atoms with Crippen molar-refractivity contribution < 1.29 is 14.3 Å². The molecule has 0 unspecified atom stereocenters. The molecule has 0 spiro atoms. The molecule has 0 saturated heterocycles. The number of fused-ring (bicyclic) bond motifs is 3. The van der Waals surface area contributed by atoms with E-state index in [0.29, 0.717) is 35.1 Å². The molecular weight excluding hydrogens is 448 g/mol. The number of nitrogens with zero attached hydrogens (tertiary/aromatic N) is 2. The molecule has 3 aromatic rings. The highest BCUT2D eigenvalue weighted by Gasteiger charge is 2.21. The summed E-state index contributed by atoms with van der Waals surface area (Å²) in [6.07, 6.45) is 3.00. The van der Waals surface area contributed by atoms with Gasteiger partial charge in [-0.1, -0.05) is 0 Å². The van der Waals surface area contributed by atoms with Gasteiger partial charge in [-0.15, -0.1) is 11.3 Å². The third-order valence-corrected chi connectivity index (χ3v) is 7.48. The molecule has 0 fully saturated rings. The Morgan fingerprint density at radius 1 is 1.28 bits per heavy atom. The van der Waals surface area contributed by atoms with Crippen LogP contribution in [-0.4, -0.2) is 41.9 Å². The van der Waals surface area contributed by atoms with Gasteiger partial charge in [-0.05, 0) is 49.1 Å². The van der Waals surface area contributed by atoms with Gasteiger partial charge < -0.3 is 15.0 Å². The first-order valence-electron chi connectivity index (χ1n) is 10.3. The molecule has 0 atom stereocenters. The number of nitrogens with one attached hydrogen (secondary N) is 2. The molecule has 0 radical (unpaired) electrons. The Kier molecular flexibility index (Phi) is 6.80. The normalized spacial score (nSPS) is 12.6. The quantitative estimate of drug-likeness (QED) is 0.505. The van der Waals surface area contributed by atoms with E-state index in [1.807, 2.05) is 0 Å². The van der Waals surface area contributed by atoms with Crippen LogP contribution in [0.15, 0.2) is 29.1 Å². The number of anilines is 2. The number of thiophene rings is 1. The Labute approximate surface area is 193 Å². The van der Waals surface area contributed by atoms with Crippen LogP contribution < -0.4 is 15.8 Å². The predicted molar refractivity (Wildman–Crippen MR) is 129 cm³/mol. The number of methoxy groups -OCH3 is 1. The van der Waals surface area contributed by atoms with Crippen molar-refractivity contribution >= 4 is 56.7 Å². The molecule has 32 heavy (non-hydrogen) atoms. The van der Waals surface area contributed by atoms with Crippen LogP contribution in [0.1, 0.15) is 29.1 Å². The molecule has 4 rings (SSSR count). The van der Waals surface area contributed by atoms with Crippen LogP contribution in [0.5, 0.6) is 0 Å². The molecule has 10 heteroatoms. The largest absolute Gasteiger partial charge is 0.452 e. The summed E-state index contributed by atoms with van der Waals surface area (Å²) in [5.41, 5.74) is 2.45. The van der Waals surface area contributed by atoms with Gasteiger partial charge in [0.05, 0.1) is 18.2 Å². The number of thioether (sulfide) groups is 1. The third-order valence-electron chi connectivity index (χ3n) is 5.32. The van der Waals surface area contributed by atoms with Crippen molar-refractivity contribution in [3.8, 4) is 0 Å². The number of rotatable bonds is 7. The lowest BCUT2D eigenvalue weighted by Crippen LogP contribution is -2.25. The van der Waals surface area contributed by atoms with E-state index in [-0.39, 0.29) is 11.5 Å². The van der Waals surface area contributed by atoms with E-state index in [1.165, 1.54) is 22.5 Å². The van der Waals surface area contributed by atoms with E-state index in [1.54, 1.807) is 54.4 Å². The highest BCUT2D eigenvalue weighted by Crippen LogP contribution is 2.34. The minimum absolute atomic E-state index is 0.0518. The summed E-state index contributed by atoms with van der Waals surface area (Å²) in [7, 11) is 2.94. The second-order valence-electron chi connectivity index (χ2n) is 7.48. The standard InChI is InChI=1S/C22H24N4O4S2/c1-26(22(29)30-2)14-8-6-13(7-9-14)23-18(27)10-11-31-12-17-24-20(28)19-15-4-3-5-16(15)32-21(19)25-17/h6-9H,3-5,10-12H2,1-2H3,(H,23,27)(H,24,25,28). The maximum absolute atomic E-state index is 12.5. The Balaban J connectivity index is 1.26. The number of carbonyl (C=O) groups is 2. The van der Waals surface area contributed by atoms with Crippen LogP contribution in [0, 0.1) is 0 Å². The molecular formula is C22H24N4O4S2. The van der Waals surface area contributed by atoms with E-state index < -0.39 is 6.09 Å². The Morgan fingerprint density at radius 2 is 2.06 bits per heavy atom. The zero-order valence-electron chi connectivity index (χ0n) is 17.9. The number of amides is 2. The number of aromatic amines is 1. The second-order valence-corrected chi connectivity index (χ2v) is 9.67. The lowest BCUT2D eigenvalue weighted by atomic mass is 10.2. The number of carbonyl (C=O) groups excluding carboxylic acids is 2. The van der Waals surface area contributed by atoms with Crippen LogP contribution in [0.25, 0.3) is 10.2 Å². The molecule has 1 aromatic carbocycles. The van der Waals surface area contributed by atoms with Crippen molar-refractivity contribution in [3.63, 3.8) is 0 Å². The van der Waals surface area contributed by atoms with Crippen LogP contribution >= 0.6 is 23.1 Å². The van der Waals surface area contributed by atoms with Gasteiger partial charge in [0.1, 0.15) is 10.7 Å². The van der Waals surface area contributed by atoms with Crippen LogP contribution in [-0.2, 0) is 28.1 Å². The minimum Gasteiger partial charge on any atom is -0.452 e. The molecule has 0 aliphatic heterocycles. The van der Waals surface area contributed by atoms with Crippen molar-refractivity contribution in [2.24, 2.45) is 0 Å². The average molecular weight is 473 g/mol. The number of aryl methyl sites for hydroxylation is 2. The molecule has 1 aliphatic rings. The first kappa shape index (κ1) is 22.3. The molecule has 168 valence electrons. The van der Waals surface area contributed by atoms with Crippen molar-refractivity contribution in [1.82, 2.24) is 9.97 Å². The number of benzene rings is 1. The molecule has 2 N–H and O–H groups in total. The van der Waals surface area contributed by atoms with Gasteiger partial charge in [-0.3, -0.25) is 14.5 Å². The first-order chi connectivity index (χ1) is 15.5. The summed E-state index contributed by atoms with van der Waals surface area (Å²) in [6.45, 7) is 0. The van der Waals surface area contributed by atoms with E-state index in [0.717, 1.165) is 29.5 Å². The number of hydrogen-bond acceptors (Lipinski definition) is 7. The Hall–Kier alpha value is -2.85. The number of aromatic nitrogens is 2. The van der Waals surface area contributed by atoms with Crippen molar-refractivity contribution in [2.75, 3.05) is 30.1 Å². The fourth-order valence-corrected chi connectivity index (χ4v) is 5.77. The summed E-state index contributed by atoms with van der Waals surface area (Å²) in [4.78, 5) is 47.3. The SMILES string of the molecule is COC(=O)N(C)c1ccc(NC(=O)CCSCc2nc3sc4c(c3c(=O)[nH]2)CCC4)cc1. The topological polar surface area (TPSA) is 104 Å². The van der Waals surface area contributed by atoms with Gasteiger partial charge in [-0.2, -0.15) is 11.8 Å². The lowest BCUT2D eigenvalue weighted by molar-refractivity contribution is -0.115. The smallest absolute Gasteiger partial charge is 0.413 e. The van der Waals surface area contributed by atoms with Crippen LogP contribution in [0.3, 0.4) is 0 Å². The first-order valence-corrected chi connectivity index (χ1v) is 12.3. The molecule has 1 aliphatic carbocycles. The maximum atomic E-state index is 12.5. The lowest BCUT2D eigenvalue weighted by Gasteiger charge is -2.15. The molecule has 8 nitrogen and oxygen atoms in total. The molecule has 2 aromatic heterocycles. The van der Waals surface area contributed by atoms with E-state index >= 15 is 0 Å². The van der Waals surface area contributed by atoms with E-state index in [4.69, 9.17) is 0 Å². The van der Waals surface area contributed by atoms with E-state index in [9.17, 15) is 14.4 Å². The molecule has 2 amide bonds. The third kappa shape index (κ3) is 4.81. The fraction of sp³-hybridized carbons (Fsp3) is 0.364. The van der Waals surface area contributed by atoms with Crippen LogP contribution in [0.4, 0.5) is 16.2 Å². The summed E-state index contributed by atoms with van der Waals surface area (Å²) < 4.78 is 4.68. The van der Waals surface area contributed by atoms with E-state index in [2.05, 4.69) is 20.0 Å². The summed E-state index contributed by atoms with van der Waals surface area (Å²) in [6, 6.07) is 6.95. The van der Waals surface area contributed by atoms with Crippen LogP contribution in [0.2, 0.25) is 0 Å². The van der Waals surface area contributed by atoms with Gasteiger partial charge in [0.2, 0.25) is 5.91 Å². The highest BCUT2D eigenvalue weighted by atomic mass is 32.2. The molecule has 0 bridgehead atoms. The monoisotopic (exact) mass is 472 g/mol. The maximum Gasteiger partial charge on any atom is 0.413 e. The predicted octanol–water partition coefficient (Wildman–Crippen LogP) is 3.94. The van der Waals surface area contributed by atoms with Gasteiger partial charge >= 0.3 is 6.09 Å². The zero-order chi connectivity index (χ0) is 22.7. The number of ether oxygens (including phenoxy) is 1. The second kappa shape index (κ2) is 9.74. The van der Waals surface area contributed by atoms with Gasteiger partial charge in [0.15, 0.2) is 0 Å². The minimum atomic E-state index is -0.461. The van der Waals surface area contributed by atoms with Crippen molar-refractivity contribution in [1.29, 1.82) is 0 Å². The average Bonchev–Trinajstić information content (AvgIpc) is 3.37. The molecule has 2 heterocycles. The summed E-state index contributed by atoms with van der Waals surface area (Å²) in [5.74, 6) is 1.71. The highest BCUT2D eigenvalue weighted by molar-refractivity contribution is 7.98.